The first-order chi connectivity index (χ1) is 30.8. The van der Waals surface area contributed by atoms with Gasteiger partial charge in [-0.1, -0.05) is 101 Å². The minimum atomic E-state index is -2.89. The smallest absolute Gasteiger partial charge is 0.338 e. The Balaban J connectivity index is 1.40. The molecule has 1 saturated heterocycles. The zero-order chi connectivity index (χ0) is 48.4. The molecule has 0 aromatic heterocycles. The van der Waals surface area contributed by atoms with E-state index in [4.69, 9.17) is 23.4 Å². The van der Waals surface area contributed by atoms with Gasteiger partial charge in [-0.05, 0) is 73.0 Å². The number of carbonyl (C=O) groups is 5. The maximum Gasteiger partial charge on any atom is 0.338 e. The van der Waals surface area contributed by atoms with Crippen LogP contribution in [-0.4, -0.2) is 108 Å². The van der Waals surface area contributed by atoms with Gasteiger partial charge in [0.25, 0.3) is 5.91 Å². The topological polar surface area (TPSA) is 204 Å². The molecule has 0 spiro atoms. The fourth-order valence-corrected chi connectivity index (χ4v) is 11.8. The van der Waals surface area contributed by atoms with E-state index in [9.17, 15) is 29.7 Å². The minimum Gasteiger partial charge on any atom is -0.456 e. The number of ether oxygens (including phenoxy) is 4. The summed E-state index contributed by atoms with van der Waals surface area (Å²) in [7, 11) is -2.89. The van der Waals surface area contributed by atoms with Crippen molar-refractivity contribution in [1.82, 2.24) is 5.32 Å². The van der Waals surface area contributed by atoms with Crippen molar-refractivity contribution in [2.45, 2.75) is 140 Å². The Morgan fingerprint density at radius 1 is 0.864 bits per heavy atom. The van der Waals surface area contributed by atoms with E-state index in [1.165, 1.54) is 26.0 Å². The molecule has 1 amide bonds. The summed E-state index contributed by atoms with van der Waals surface area (Å²) in [5.74, 6) is -5.40. The Bertz CT molecular complexity index is 2380. The summed E-state index contributed by atoms with van der Waals surface area (Å²) in [5, 5.41) is 40.9. The molecule has 4 aliphatic rings. The van der Waals surface area contributed by atoms with E-state index in [-0.39, 0.29) is 29.7 Å². The molecular weight excluding hydrogens is 863 g/mol. The minimum absolute atomic E-state index is 0.000871. The van der Waals surface area contributed by atoms with Gasteiger partial charge in [-0.15, -0.1) is 0 Å². The second-order valence-corrected chi connectivity index (χ2v) is 25.4. The number of aliphatic hydroxyl groups is 3. The van der Waals surface area contributed by atoms with E-state index >= 15 is 9.59 Å². The largest absolute Gasteiger partial charge is 0.456 e. The molecule has 4 N–H and O–H groups in total. The number of amides is 1. The van der Waals surface area contributed by atoms with Crippen molar-refractivity contribution in [3.05, 3.63) is 119 Å². The van der Waals surface area contributed by atoms with Crippen molar-refractivity contribution in [2.75, 3.05) is 6.61 Å². The van der Waals surface area contributed by atoms with E-state index in [0.717, 1.165) is 0 Å². The lowest BCUT2D eigenvalue weighted by atomic mass is 9.44. The Morgan fingerprint density at radius 3 is 1.95 bits per heavy atom. The predicted octanol–water partition coefficient (Wildman–Crippen LogP) is 6.19. The number of hydrogen-bond acceptors (Lipinski definition) is 13. The number of Topliss-reactive ketones (excluding diaryl/α,β-unsaturated/α-hetero) is 1. The number of carbonyl (C=O) groups excluding carboxylic acids is 5. The lowest BCUT2D eigenvalue weighted by Gasteiger charge is -2.67. The maximum absolute atomic E-state index is 15.3. The number of fused-ring (bicyclic) bond motifs is 5. The van der Waals surface area contributed by atoms with Crippen LogP contribution >= 0.6 is 0 Å². The van der Waals surface area contributed by atoms with Crippen molar-refractivity contribution >= 4 is 37.9 Å². The number of hydrogen-bond donors (Lipinski definition) is 4. The first-order valence-corrected chi connectivity index (χ1v) is 25.4. The molecule has 1 aliphatic heterocycles. The lowest BCUT2D eigenvalue weighted by Crippen LogP contribution is -2.81. The summed E-state index contributed by atoms with van der Waals surface area (Å²) < 4.78 is 32.0. The fourth-order valence-electron chi connectivity index (χ4n) is 10.5. The molecule has 1 unspecified atom stereocenters. The van der Waals surface area contributed by atoms with E-state index in [1.807, 2.05) is 33.9 Å². The Labute approximate surface area is 387 Å². The van der Waals surface area contributed by atoms with Crippen molar-refractivity contribution < 1.29 is 62.7 Å². The molecular formula is C51H63NO13Si. The van der Waals surface area contributed by atoms with Gasteiger partial charge < -0.3 is 44.0 Å². The van der Waals surface area contributed by atoms with Crippen LogP contribution in [0.5, 0.6) is 0 Å². The highest BCUT2D eigenvalue weighted by Gasteiger charge is 2.78. The number of benzene rings is 3. The number of rotatable bonds is 11. The Kier molecular flexibility index (Phi) is 13.0. The molecule has 66 heavy (non-hydrogen) atoms. The van der Waals surface area contributed by atoms with Crippen molar-refractivity contribution in [1.29, 1.82) is 0 Å². The van der Waals surface area contributed by atoms with Crippen LogP contribution in [0.4, 0.5) is 0 Å². The van der Waals surface area contributed by atoms with E-state index < -0.39 is 120 Å². The third kappa shape index (κ3) is 8.15. The lowest BCUT2D eigenvalue weighted by molar-refractivity contribution is -0.346. The van der Waals surface area contributed by atoms with Gasteiger partial charge in [-0.25, -0.2) is 9.59 Å². The van der Waals surface area contributed by atoms with Gasteiger partial charge >= 0.3 is 17.9 Å². The summed E-state index contributed by atoms with van der Waals surface area (Å²) in [4.78, 5) is 72.0. The average molecular weight is 926 g/mol. The molecule has 2 saturated carbocycles. The Hall–Kier alpha value is -5.03. The third-order valence-corrected chi connectivity index (χ3v) is 19.9. The number of esters is 3. The summed E-state index contributed by atoms with van der Waals surface area (Å²) in [6.07, 6.45) is -9.76. The van der Waals surface area contributed by atoms with Gasteiger partial charge in [0.1, 0.15) is 30.0 Å². The van der Waals surface area contributed by atoms with Crippen LogP contribution in [0, 0.1) is 16.7 Å². The first kappa shape index (κ1) is 48.9. The van der Waals surface area contributed by atoms with Crippen LogP contribution in [0.3, 0.4) is 0 Å². The normalized spacial score (nSPS) is 31.3. The molecule has 3 aliphatic carbocycles. The molecule has 0 radical (unpaired) electrons. The quantitative estimate of drug-likeness (QED) is 0.0734. The van der Waals surface area contributed by atoms with Gasteiger partial charge in [0.2, 0.25) is 0 Å². The van der Waals surface area contributed by atoms with Crippen LogP contribution in [0.25, 0.3) is 0 Å². The zero-order valence-corrected chi connectivity index (χ0v) is 40.3. The van der Waals surface area contributed by atoms with Gasteiger partial charge in [0.15, 0.2) is 25.8 Å². The van der Waals surface area contributed by atoms with Crippen LogP contribution in [0.2, 0.25) is 18.1 Å². The zero-order valence-electron chi connectivity index (χ0n) is 39.3. The molecule has 3 aromatic carbocycles. The highest BCUT2D eigenvalue weighted by Crippen LogP contribution is 2.64. The molecule has 3 aromatic rings. The monoisotopic (exact) mass is 925 g/mol. The van der Waals surface area contributed by atoms with Crippen LogP contribution in [0.1, 0.15) is 101 Å². The van der Waals surface area contributed by atoms with Crippen molar-refractivity contribution in [3.63, 3.8) is 0 Å². The molecule has 3 fully saturated rings. The highest BCUT2D eigenvalue weighted by molar-refractivity contribution is 6.74. The SMILES string of the molecule is CC(=O)O[C@@]12COC1C[C@H](O)[C@@]1(C)C(=O)[C@H](O)C3=C(C)[C@@H](OC(=O)[C@@H](O[Si](C)(C)C(C)(C)C)[C@@H](NC(=O)c4ccccc4)c4ccccc4)C[C@@](O)([C@@H](OC(=O)c4ccccc4)[C@@H]12)C3(C)C. The first-order valence-electron chi connectivity index (χ1n) is 22.5. The second kappa shape index (κ2) is 17.6. The molecule has 2 bridgehead atoms. The fraction of sp³-hybridized carbons (Fsp3) is 0.510. The molecule has 354 valence electrons. The highest BCUT2D eigenvalue weighted by atomic mass is 28.4. The van der Waals surface area contributed by atoms with E-state index in [1.54, 1.807) is 99.6 Å². The van der Waals surface area contributed by atoms with Gasteiger partial charge in [0, 0.05) is 30.7 Å². The number of aliphatic hydroxyl groups excluding tert-OH is 2. The molecule has 7 rings (SSSR count). The van der Waals surface area contributed by atoms with Crippen LogP contribution in [-0.2, 0) is 37.8 Å². The maximum atomic E-state index is 15.3. The summed E-state index contributed by atoms with van der Waals surface area (Å²) >= 11 is 0. The van der Waals surface area contributed by atoms with Gasteiger partial charge in [-0.3, -0.25) is 14.4 Å². The molecule has 15 heteroatoms. The number of ketones is 1. The molecule has 11 atom stereocenters. The number of nitrogens with one attached hydrogen (secondary N) is 1. The van der Waals surface area contributed by atoms with Crippen LogP contribution in [0.15, 0.2) is 102 Å². The summed E-state index contributed by atoms with van der Waals surface area (Å²) in [5.41, 5.74) is -6.43. The molecule has 1 heterocycles. The van der Waals surface area contributed by atoms with Crippen molar-refractivity contribution in [2.24, 2.45) is 16.7 Å². The summed E-state index contributed by atoms with van der Waals surface area (Å²) in [6, 6.07) is 24.3. The van der Waals surface area contributed by atoms with E-state index in [2.05, 4.69) is 5.32 Å². The van der Waals surface area contributed by atoms with Gasteiger partial charge in [0.05, 0.1) is 35.6 Å². The second-order valence-electron chi connectivity index (χ2n) is 20.6. The van der Waals surface area contributed by atoms with E-state index in [0.29, 0.717) is 11.1 Å². The Morgan fingerprint density at radius 2 is 1.42 bits per heavy atom. The molecule has 14 nitrogen and oxygen atoms in total. The van der Waals surface area contributed by atoms with Crippen LogP contribution < -0.4 is 5.32 Å². The van der Waals surface area contributed by atoms with Crippen molar-refractivity contribution in [3.8, 4) is 0 Å². The predicted molar refractivity (Wildman–Crippen MR) is 244 cm³/mol. The average Bonchev–Trinajstić information content (AvgIpc) is 3.26. The summed E-state index contributed by atoms with van der Waals surface area (Å²) in [6.45, 7) is 17.1. The third-order valence-electron chi connectivity index (χ3n) is 15.4. The van der Waals surface area contributed by atoms with Gasteiger partial charge in [-0.2, -0.15) is 0 Å². The standard InChI is InChI=1S/C51H63NO13Si/c1-29-34(62-46(59)40(65-66(9,10)47(3,4)5)38(31-20-14-11-15-21-31)52-44(57)32-22-16-12-17-23-32)27-51(60)43(63-45(58)33-24-18-13-19-25-33)41-49(8,42(56)39(55)37(29)48(51,6)7)35(54)26-36-50(41,28-61-36)64-30(2)53/h11-25,34-36,38-41,43,54-55,60H,26-28H2,1-10H3,(H,52,57)/t34-,35-,36?,38-,39+,40-,41-,43-,49+,50-,51+/m0/s1.